The average molecular weight is 270 g/mol. The minimum atomic E-state index is 0.729. The van der Waals surface area contributed by atoms with Gasteiger partial charge in [0.05, 0.1) is 6.61 Å². The lowest BCUT2D eigenvalue weighted by Gasteiger charge is -2.25. The monoisotopic (exact) mass is 270 g/mol. The van der Waals surface area contributed by atoms with E-state index in [1.807, 2.05) is 0 Å². The molecule has 1 fully saturated rings. The van der Waals surface area contributed by atoms with Crippen molar-refractivity contribution in [1.29, 1.82) is 0 Å². The van der Waals surface area contributed by atoms with Crippen LogP contribution in [0.3, 0.4) is 0 Å². The second-order valence-electron chi connectivity index (χ2n) is 6.68. The molecule has 0 aromatic carbocycles. The van der Waals surface area contributed by atoms with Gasteiger partial charge in [-0.05, 0) is 44.2 Å². The van der Waals surface area contributed by atoms with Crippen molar-refractivity contribution >= 4 is 0 Å². The maximum Gasteiger partial charge on any atom is 0.0593 e. The zero-order valence-electron chi connectivity index (χ0n) is 13.5. The van der Waals surface area contributed by atoms with E-state index in [1.54, 1.807) is 0 Å². The van der Waals surface area contributed by atoms with E-state index >= 15 is 0 Å². The minimum Gasteiger partial charge on any atom is -0.380 e. The Morgan fingerprint density at radius 1 is 1.16 bits per heavy atom. The lowest BCUT2D eigenvalue weighted by Crippen LogP contribution is -2.40. The Morgan fingerprint density at radius 3 is 2.63 bits per heavy atom. The molecule has 1 unspecified atom stereocenters. The van der Waals surface area contributed by atoms with Gasteiger partial charge in [-0.25, -0.2) is 0 Å². The highest BCUT2D eigenvalue weighted by molar-refractivity contribution is 4.80. The van der Waals surface area contributed by atoms with Crippen molar-refractivity contribution < 1.29 is 4.74 Å². The zero-order valence-corrected chi connectivity index (χ0v) is 13.5. The summed E-state index contributed by atoms with van der Waals surface area (Å²) in [6, 6.07) is 0.729. The van der Waals surface area contributed by atoms with Gasteiger partial charge in [-0.2, -0.15) is 0 Å². The highest BCUT2D eigenvalue weighted by Crippen LogP contribution is 2.16. The Morgan fingerprint density at radius 2 is 1.95 bits per heavy atom. The van der Waals surface area contributed by atoms with Gasteiger partial charge >= 0.3 is 0 Å². The van der Waals surface area contributed by atoms with Gasteiger partial charge in [-0.3, -0.25) is 4.90 Å². The van der Waals surface area contributed by atoms with E-state index in [4.69, 9.17) is 4.74 Å². The number of nitrogens with one attached hydrogen (secondary N) is 1. The van der Waals surface area contributed by atoms with Crippen LogP contribution in [0.2, 0.25) is 0 Å². The molecule has 19 heavy (non-hydrogen) atoms. The van der Waals surface area contributed by atoms with E-state index in [2.05, 4.69) is 37.9 Å². The summed E-state index contributed by atoms with van der Waals surface area (Å²) in [5.74, 6) is 1.49. The molecule has 0 aliphatic carbocycles. The summed E-state index contributed by atoms with van der Waals surface area (Å²) >= 11 is 0. The Hall–Kier alpha value is -0.120. The van der Waals surface area contributed by atoms with E-state index in [-0.39, 0.29) is 0 Å². The third-order valence-electron chi connectivity index (χ3n) is 3.79. The fraction of sp³-hybridized carbons (Fsp3) is 1.00. The first-order chi connectivity index (χ1) is 9.09. The van der Waals surface area contributed by atoms with Crippen LogP contribution in [-0.4, -0.2) is 50.3 Å². The van der Waals surface area contributed by atoms with E-state index in [1.165, 1.54) is 25.8 Å². The summed E-state index contributed by atoms with van der Waals surface area (Å²) in [5.41, 5.74) is 0. The number of nitrogens with zero attached hydrogens (tertiary/aromatic N) is 1. The molecule has 0 amide bonds. The minimum absolute atomic E-state index is 0.729. The highest BCUT2D eigenvalue weighted by Gasteiger charge is 2.23. The molecule has 1 saturated heterocycles. The lowest BCUT2D eigenvalue weighted by molar-refractivity contribution is 0.0919. The Balaban J connectivity index is 2.07. The van der Waals surface area contributed by atoms with Gasteiger partial charge in [-0.15, -0.1) is 0 Å². The Bertz CT molecular complexity index is 219. The zero-order chi connectivity index (χ0) is 14.1. The smallest absolute Gasteiger partial charge is 0.0593 e. The van der Waals surface area contributed by atoms with Gasteiger partial charge in [-0.1, -0.05) is 27.7 Å². The molecule has 3 nitrogen and oxygen atoms in total. The van der Waals surface area contributed by atoms with Crippen LogP contribution in [0, 0.1) is 11.8 Å². The fourth-order valence-corrected chi connectivity index (χ4v) is 2.56. The van der Waals surface area contributed by atoms with E-state index < -0.39 is 0 Å². The van der Waals surface area contributed by atoms with Crippen molar-refractivity contribution in [3.8, 4) is 0 Å². The standard InChI is InChI=1S/C16H34N2O/c1-14(2)7-10-19-11-9-18-8-5-6-16(18)13-17-12-15(3)4/h14-17H,5-13H2,1-4H3. The summed E-state index contributed by atoms with van der Waals surface area (Å²) in [6.45, 7) is 15.5. The average Bonchev–Trinajstić information content (AvgIpc) is 2.75. The molecule has 1 heterocycles. The van der Waals surface area contributed by atoms with E-state index in [0.29, 0.717) is 0 Å². The van der Waals surface area contributed by atoms with Gasteiger partial charge in [0.25, 0.3) is 0 Å². The van der Waals surface area contributed by atoms with Gasteiger partial charge in [0.15, 0.2) is 0 Å². The predicted molar refractivity (Wildman–Crippen MR) is 82.6 cm³/mol. The third-order valence-corrected chi connectivity index (χ3v) is 3.79. The number of ether oxygens (including phenoxy) is 1. The molecule has 1 aliphatic rings. The Labute approximate surface area is 120 Å². The fourth-order valence-electron chi connectivity index (χ4n) is 2.56. The molecule has 1 N–H and O–H groups in total. The molecular formula is C16H34N2O. The summed E-state index contributed by atoms with van der Waals surface area (Å²) in [7, 11) is 0. The topological polar surface area (TPSA) is 24.5 Å². The summed E-state index contributed by atoms with van der Waals surface area (Å²) < 4.78 is 5.74. The van der Waals surface area contributed by atoms with Crippen LogP contribution in [0.1, 0.15) is 47.0 Å². The highest BCUT2D eigenvalue weighted by atomic mass is 16.5. The van der Waals surface area contributed by atoms with Gasteiger partial charge < -0.3 is 10.1 Å². The van der Waals surface area contributed by atoms with Crippen molar-refractivity contribution in [1.82, 2.24) is 10.2 Å². The first-order valence-electron chi connectivity index (χ1n) is 8.12. The molecule has 0 aromatic heterocycles. The number of hydrogen-bond donors (Lipinski definition) is 1. The maximum absolute atomic E-state index is 5.74. The second-order valence-corrected chi connectivity index (χ2v) is 6.68. The number of rotatable bonds is 10. The maximum atomic E-state index is 5.74. The SMILES string of the molecule is CC(C)CCOCCN1CCCC1CNCC(C)C. The van der Waals surface area contributed by atoms with Gasteiger partial charge in [0.1, 0.15) is 0 Å². The largest absolute Gasteiger partial charge is 0.380 e. The quantitative estimate of drug-likeness (QED) is 0.618. The van der Waals surface area contributed by atoms with Gasteiger partial charge in [0.2, 0.25) is 0 Å². The van der Waals surface area contributed by atoms with Crippen molar-refractivity contribution in [2.75, 3.05) is 39.4 Å². The third kappa shape index (κ3) is 7.91. The van der Waals surface area contributed by atoms with E-state index in [9.17, 15) is 0 Å². The van der Waals surface area contributed by atoms with Crippen molar-refractivity contribution in [3.63, 3.8) is 0 Å². The molecule has 1 atom stereocenters. The first kappa shape index (κ1) is 16.9. The molecule has 114 valence electrons. The molecule has 3 heteroatoms. The van der Waals surface area contributed by atoms with Crippen LogP contribution in [0.5, 0.6) is 0 Å². The van der Waals surface area contributed by atoms with Crippen molar-refractivity contribution in [2.45, 2.75) is 53.0 Å². The molecule has 1 rings (SSSR count). The number of likely N-dealkylation sites (tertiary alicyclic amines) is 1. The van der Waals surface area contributed by atoms with E-state index in [0.717, 1.165) is 50.7 Å². The molecular weight excluding hydrogens is 236 g/mol. The summed E-state index contributed by atoms with van der Waals surface area (Å²) in [6.07, 6.45) is 3.87. The number of hydrogen-bond acceptors (Lipinski definition) is 3. The second kappa shape index (κ2) is 9.73. The lowest BCUT2D eigenvalue weighted by atomic mass is 10.1. The van der Waals surface area contributed by atoms with Crippen LogP contribution >= 0.6 is 0 Å². The Kier molecular flexibility index (Phi) is 8.67. The molecule has 0 spiro atoms. The van der Waals surface area contributed by atoms with Crippen LogP contribution in [-0.2, 0) is 4.74 Å². The normalized spacial score (nSPS) is 20.8. The molecule has 0 aromatic rings. The van der Waals surface area contributed by atoms with Crippen molar-refractivity contribution in [2.24, 2.45) is 11.8 Å². The van der Waals surface area contributed by atoms with Crippen LogP contribution < -0.4 is 5.32 Å². The van der Waals surface area contributed by atoms with Crippen LogP contribution in [0.25, 0.3) is 0 Å². The van der Waals surface area contributed by atoms with Gasteiger partial charge in [0, 0.05) is 25.7 Å². The first-order valence-corrected chi connectivity index (χ1v) is 8.12. The summed E-state index contributed by atoms with van der Waals surface area (Å²) in [5, 5.41) is 3.59. The van der Waals surface area contributed by atoms with Crippen LogP contribution in [0.15, 0.2) is 0 Å². The molecule has 0 saturated carbocycles. The molecule has 0 radical (unpaired) electrons. The van der Waals surface area contributed by atoms with Crippen LogP contribution in [0.4, 0.5) is 0 Å². The predicted octanol–water partition coefficient (Wildman–Crippen LogP) is 2.76. The van der Waals surface area contributed by atoms with Crippen molar-refractivity contribution in [3.05, 3.63) is 0 Å². The molecule has 1 aliphatic heterocycles. The molecule has 0 bridgehead atoms. The summed E-state index contributed by atoms with van der Waals surface area (Å²) in [4.78, 5) is 2.60.